The van der Waals surface area contributed by atoms with Crippen LogP contribution in [0.5, 0.6) is 0 Å². The standard InChI is InChI=1S/C32H53N3O18/c1-13(39)33-25-23(52-22(8-38)28(44)29(25)45)11-47-9-18-20(6-36)51-24(26(34-14(2)40)30(18)49-16(4)42)12-48-10-19-21(7-37)53-32(46)27(35-15(3)41)31(19)50-17(5)43/h18-32,36-38,44-46H,6-12H2,1-5H3,(H,33,39)(H,34,40)(H,35,41)/t18-,19-,20?,21?,22?,23+,24+,25?,26?,27?,28-,29-,30+,31+,32-/m1/s1. The maximum atomic E-state index is 12.4. The summed E-state index contributed by atoms with van der Waals surface area (Å²) in [5, 5.41) is 69.2. The van der Waals surface area contributed by atoms with Gasteiger partial charge in [-0.15, -0.1) is 0 Å². The summed E-state index contributed by atoms with van der Waals surface area (Å²) in [6.07, 6.45) is -12.5. The van der Waals surface area contributed by atoms with Gasteiger partial charge >= 0.3 is 11.9 Å². The van der Waals surface area contributed by atoms with Crippen molar-refractivity contribution in [2.24, 2.45) is 11.8 Å². The van der Waals surface area contributed by atoms with Gasteiger partial charge in [-0.2, -0.15) is 0 Å². The number of aliphatic hydroxyl groups is 6. The first-order valence-electron chi connectivity index (χ1n) is 17.2. The van der Waals surface area contributed by atoms with E-state index in [9.17, 15) is 54.6 Å². The molecule has 15 atom stereocenters. The van der Waals surface area contributed by atoms with Crippen LogP contribution in [0.25, 0.3) is 0 Å². The molecule has 0 radical (unpaired) electrons. The number of hydrogen-bond donors (Lipinski definition) is 9. The molecule has 21 heteroatoms. The van der Waals surface area contributed by atoms with Crippen molar-refractivity contribution in [3.63, 3.8) is 0 Å². The molecular weight excluding hydrogens is 714 g/mol. The Balaban J connectivity index is 1.82. The topological polar surface area (TPSA) is 307 Å². The Morgan fingerprint density at radius 3 is 1.36 bits per heavy atom. The predicted molar refractivity (Wildman–Crippen MR) is 174 cm³/mol. The zero-order valence-electron chi connectivity index (χ0n) is 30.2. The zero-order valence-corrected chi connectivity index (χ0v) is 30.2. The van der Waals surface area contributed by atoms with Crippen LogP contribution in [0.4, 0.5) is 0 Å². The highest BCUT2D eigenvalue weighted by Gasteiger charge is 2.51. The molecule has 3 rings (SSSR count). The molecule has 6 unspecified atom stereocenters. The van der Waals surface area contributed by atoms with Crippen molar-refractivity contribution in [2.45, 2.75) is 114 Å². The van der Waals surface area contributed by atoms with E-state index < -0.39 is 141 Å². The molecule has 3 fully saturated rings. The van der Waals surface area contributed by atoms with E-state index >= 15 is 0 Å². The maximum Gasteiger partial charge on any atom is 0.302 e. The highest BCUT2D eigenvalue weighted by Crippen LogP contribution is 2.32. The molecule has 0 aromatic carbocycles. The number of aliphatic hydroxyl groups excluding tert-OH is 6. The molecule has 0 aliphatic carbocycles. The van der Waals surface area contributed by atoms with Crippen molar-refractivity contribution in [1.29, 1.82) is 0 Å². The fourth-order valence-corrected chi connectivity index (χ4v) is 6.90. The number of nitrogens with one attached hydrogen (secondary N) is 3. The molecule has 0 aromatic rings. The van der Waals surface area contributed by atoms with Crippen LogP contribution in [-0.4, -0.2) is 186 Å². The summed E-state index contributed by atoms with van der Waals surface area (Å²) in [6.45, 7) is 2.79. The number of esters is 2. The Hall–Kier alpha value is -3.09. The summed E-state index contributed by atoms with van der Waals surface area (Å²) in [5.74, 6) is -4.97. The van der Waals surface area contributed by atoms with Gasteiger partial charge in [0.25, 0.3) is 0 Å². The minimum absolute atomic E-state index is 0.281. The van der Waals surface area contributed by atoms with Gasteiger partial charge in [0, 0.05) is 34.6 Å². The molecule has 0 spiro atoms. The average Bonchev–Trinajstić information content (AvgIpc) is 3.07. The van der Waals surface area contributed by atoms with Gasteiger partial charge in [0.1, 0.15) is 48.8 Å². The van der Waals surface area contributed by atoms with Crippen molar-refractivity contribution >= 4 is 29.7 Å². The molecule has 3 heterocycles. The minimum Gasteiger partial charge on any atom is -0.460 e. The number of carbonyl (C=O) groups excluding carboxylic acids is 5. The van der Waals surface area contributed by atoms with Crippen molar-refractivity contribution in [2.75, 3.05) is 46.2 Å². The van der Waals surface area contributed by atoms with Crippen LogP contribution in [0.1, 0.15) is 34.6 Å². The van der Waals surface area contributed by atoms with Gasteiger partial charge in [-0.25, -0.2) is 0 Å². The third-order valence-electron chi connectivity index (χ3n) is 9.17. The highest BCUT2D eigenvalue weighted by atomic mass is 16.6. The fourth-order valence-electron chi connectivity index (χ4n) is 6.90. The highest BCUT2D eigenvalue weighted by molar-refractivity contribution is 5.74. The number of rotatable bonds is 16. The van der Waals surface area contributed by atoms with Gasteiger partial charge in [-0.05, 0) is 0 Å². The van der Waals surface area contributed by atoms with Gasteiger partial charge in [-0.3, -0.25) is 24.0 Å². The van der Waals surface area contributed by atoms with E-state index in [-0.39, 0.29) is 26.4 Å². The molecule has 53 heavy (non-hydrogen) atoms. The normalized spacial score (nSPS) is 37.2. The van der Waals surface area contributed by atoms with Crippen LogP contribution in [0.2, 0.25) is 0 Å². The third-order valence-corrected chi connectivity index (χ3v) is 9.17. The molecule has 21 nitrogen and oxygen atoms in total. The monoisotopic (exact) mass is 767 g/mol. The van der Waals surface area contributed by atoms with Crippen LogP contribution in [-0.2, 0) is 57.1 Å². The summed E-state index contributed by atoms with van der Waals surface area (Å²) in [6, 6.07) is -3.43. The largest absolute Gasteiger partial charge is 0.460 e. The first-order chi connectivity index (χ1) is 25.0. The van der Waals surface area contributed by atoms with Crippen LogP contribution >= 0.6 is 0 Å². The lowest BCUT2D eigenvalue weighted by molar-refractivity contribution is -0.253. The van der Waals surface area contributed by atoms with Gasteiger partial charge in [0.15, 0.2) is 6.29 Å². The lowest BCUT2D eigenvalue weighted by Gasteiger charge is -2.47. The van der Waals surface area contributed by atoms with Crippen molar-refractivity contribution < 1.29 is 87.8 Å². The van der Waals surface area contributed by atoms with Gasteiger partial charge in [-0.1, -0.05) is 0 Å². The van der Waals surface area contributed by atoms with Crippen LogP contribution < -0.4 is 16.0 Å². The van der Waals surface area contributed by atoms with Gasteiger partial charge in [0.2, 0.25) is 17.7 Å². The van der Waals surface area contributed by atoms with E-state index in [1.807, 2.05) is 0 Å². The SMILES string of the molecule is CC(=O)NC1[C@H](COC[C@@H]2C(CO)O[C@@H](COC[C@@H]3C(CO)O[C@@H](O)C(NC(C)=O)[C@H]3OC(C)=O)C(NC(C)=O)[C@H]2OC(C)=O)OC(CO)[C@@H](O)[C@@H]1O. The fraction of sp³-hybridized carbons (Fsp3) is 0.844. The molecule has 3 amide bonds. The van der Waals surface area contributed by atoms with Gasteiger partial charge < -0.3 is 79.7 Å². The minimum atomic E-state index is -1.63. The van der Waals surface area contributed by atoms with E-state index in [4.69, 9.17) is 33.2 Å². The van der Waals surface area contributed by atoms with Crippen LogP contribution in [0.15, 0.2) is 0 Å². The lowest BCUT2D eigenvalue weighted by atomic mass is 9.85. The quantitative estimate of drug-likeness (QED) is 0.0662. The van der Waals surface area contributed by atoms with E-state index in [2.05, 4.69) is 16.0 Å². The average molecular weight is 768 g/mol. The Morgan fingerprint density at radius 1 is 0.509 bits per heavy atom. The molecule has 304 valence electrons. The maximum absolute atomic E-state index is 12.4. The Morgan fingerprint density at radius 2 is 0.906 bits per heavy atom. The lowest BCUT2D eigenvalue weighted by Crippen LogP contribution is -2.66. The molecular formula is C32H53N3O18. The van der Waals surface area contributed by atoms with Crippen LogP contribution in [0.3, 0.4) is 0 Å². The van der Waals surface area contributed by atoms with Crippen molar-refractivity contribution in [3.05, 3.63) is 0 Å². The first-order valence-corrected chi connectivity index (χ1v) is 17.2. The summed E-state index contributed by atoms with van der Waals surface area (Å²) < 4.78 is 40.3. The summed E-state index contributed by atoms with van der Waals surface area (Å²) in [5.41, 5.74) is 0. The molecule has 3 aliphatic heterocycles. The van der Waals surface area contributed by atoms with E-state index in [0.717, 1.165) is 13.8 Å². The molecule has 0 saturated carbocycles. The zero-order chi connectivity index (χ0) is 39.6. The third kappa shape index (κ3) is 11.9. The molecule has 9 N–H and O–H groups in total. The summed E-state index contributed by atoms with van der Waals surface area (Å²) in [4.78, 5) is 60.5. The molecule has 0 aromatic heterocycles. The first kappa shape index (κ1) is 44.3. The van der Waals surface area contributed by atoms with Crippen molar-refractivity contribution in [3.8, 4) is 0 Å². The summed E-state index contributed by atoms with van der Waals surface area (Å²) >= 11 is 0. The Bertz CT molecular complexity index is 1240. The smallest absolute Gasteiger partial charge is 0.302 e. The summed E-state index contributed by atoms with van der Waals surface area (Å²) in [7, 11) is 0. The molecule has 3 aliphatic rings. The second-order valence-corrected chi connectivity index (χ2v) is 13.2. The van der Waals surface area contributed by atoms with E-state index in [0.29, 0.717) is 0 Å². The number of carbonyl (C=O) groups is 5. The molecule has 3 saturated heterocycles. The van der Waals surface area contributed by atoms with E-state index in [1.165, 1.54) is 20.8 Å². The Labute approximate surface area is 305 Å². The second-order valence-electron chi connectivity index (χ2n) is 13.2. The van der Waals surface area contributed by atoms with Gasteiger partial charge in [0.05, 0.1) is 82.4 Å². The van der Waals surface area contributed by atoms with Crippen molar-refractivity contribution in [1.82, 2.24) is 16.0 Å². The van der Waals surface area contributed by atoms with E-state index in [1.54, 1.807) is 0 Å². The van der Waals surface area contributed by atoms with Crippen LogP contribution in [0, 0.1) is 11.8 Å². The number of hydrogen-bond acceptors (Lipinski definition) is 18. The Kier molecular flexibility index (Phi) is 17.2. The predicted octanol–water partition coefficient (Wildman–Crippen LogP) is -5.42. The second kappa shape index (κ2) is 20.6. The number of ether oxygens (including phenoxy) is 7. The molecule has 0 bridgehead atoms. The number of amides is 3.